The van der Waals surface area contributed by atoms with Gasteiger partial charge in [-0.1, -0.05) is 31.1 Å². The Bertz CT molecular complexity index is 370. The summed E-state index contributed by atoms with van der Waals surface area (Å²) in [6.07, 6.45) is 5.59. The van der Waals surface area contributed by atoms with Crippen LogP contribution in [0, 0.1) is 0 Å². The number of amides is 1. The second kappa shape index (κ2) is 10.1. The number of carbonyl (C=O) groups excluding carboxylic acids is 1. The predicted molar refractivity (Wildman–Crippen MR) is 81.9 cm³/mol. The van der Waals surface area contributed by atoms with E-state index < -0.39 is 0 Å². The van der Waals surface area contributed by atoms with E-state index in [0.717, 1.165) is 17.8 Å². The van der Waals surface area contributed by atoms with Crippen molar-refractivity contribution in [1.29, 1.82) is 0 Å². The average Bonchev–Trinajstić information content (AvgIpc) is 2.74. The highest BCUT2D eigenvalue weighted by molar-refractivity contribution is 7.15. The van der Waals surface area contributed by atoms with Gasteiger partial charge in [-0.25, -0.2) is 0 Å². The van der Waals surface area contributed by atoms with Gasteiger partial charge in [-0.2, -0.15) is 0 Å². The van der Waals surface area contributed by atoms with Crippen molar-refractivity contribution in [3.8, 4) is 0 Å². The quantitative estimate of drug-likeness (QED) is 0.724. The summed E-state index contributed by atoms with van der Waals surface area (Å²) in [4.78, 5) is 11.6. The predicted octanol–water partition coefficient (Wildman–Crippen LogP) is 2.76. The molecular weight excluding hydrogens is 284 g/mol. The molecule has 0 aliphatic carbocycles. The Morgan fingerprint density at radius 1 is 1.42 bits per heavy atom. The minimum Gasteiger partial charge on any atom is -0.328 e. The lowest BCUT2D eigenvalue weighted by Gasteiger charge is -2.03. The van der Waals surface area contributed by atoms with Crippen LogP contribution in [0.5, 0.6) is 0 Å². The van der Waals surface area contributed by atoms with E-state index in [4.69, 9.17) is 5.73 Å². The Hall–Kier alpha value is -0.720. The van der Waals surface area contributed by atoms with Crippen LogP contribution in [-0.4, -0.2) is 22.1 Å². The molecule has 0 spiro atoms. The monoisotopic (exact) mass is 306 g/mol. The third-order valence-electron chi connectivity index (χ3n) is 2.53. The normalized spacial score (nSPS) is 11.7. The van der Waals surface area contributed by atoms with Crippen molar-refractivity contribution >= 4 is 34.8 Å². The topological polar surface area (TPSA) is 80.9 Å². The molecule has 0 aliphatic heterocycles. The minimum absolute atomic E-state index is 0. The van der Waals surface area contributed by atoms with Gasteiger partial charge < -0.3 is 11.1 Å². The van der Waals surface area contributed by atoms with Crippen molar-refractivity contribution in [2.75, 3.05) is 5.32 Å². The van der Waals surface area contributed by atoms with Crippen molar-refractivity contribution in [2.45, 2.75) is 58.4 Å². The molecule has 0 fully saturated rings. The fourth-order valence-electron chi connectivity index (χ4n) is 1.47. The number of unbranched alkanes of at least 4 members (excludes halogenated alkanes) is 2. The van der Waals surface area contributed by atoms with Crippen LogP contribution < -0.4 is 11.1 Å². The molecule has 1 aromatic heterocycles. The largest absolute Gasteiger partial charge is 0.328 e. The fourth-order valence-corrected chi connectivity index (χ4v) is 2.27. The van der Waals surface area contributed by atoms with Crippen LogP contribution in [0.25, 0.3) is 0 Å². The van der Waals surface area contributed by atoms with Crippen molar-refractivity contribution in [3.05, 3.63) is 5.01 Å². The molecule has 7 heteroatoms. The third-order valence-corrected chi connectivity index (χ3v) is 3.43. The molecule has 1 atom stereocenters. The summed E-state index contributed by atoms with van der Waals surface area (Å²) in [6.45, 7) is 4.06. The second-order valence-corrected chi connectivity index (χ2v) is 5.58. The number of hydrogen-bond acceptors (Lipinski definition) is 5. The number of aryl methyl sites for hydroxylation is 1. The van der Waals surface area contributed by atoms with Gasteiger partial charge in [-0.15, -0.1) is 22.6 Å². The first-order chi connectivity index (χ1) is 8.61. The third kappa shape index (κ3) is 8.13. The summed E-state index contributed by atoms with van der Waals surface area (Å²) < 4.78 is 0. The molecule has 3 N–H and O–H groups in total. The Kier molecular flexibility index (Phi) is 9.73. The van der Waals surface area contributed by atoms with Gasteiger partial charge in [-0.05, 0) is 19.8 Å². The molecule has 0 saturated heterocycles. The van der Waals surface area contributed by atoms with E-state index in [1.54, 1.807) is 0 Å². The number of rotatable bonds is 8. The lowest BCUT2D eigenvalue weighted by atomic mass is 10.2. The molecule has 0 aromatic carbocycles. The zero-order valence-electron chi connectivity index (χ0n) is 11.5. The van der Waals surface area contributed by atoms with Gasteiger partial charge in [0.15, 0.2) is 0 Å². The Labute approximate surface area is 124 Å². The van der Waals surface area contributed by atoms with Crippen LogP contribution in [-0.2, 0) is 11.2 Å². The first-order valence-corrected chi connectivity index (χ1v) is 7.31. The standard InChI is InChI=1S/C12H22N4OS.ClH/c1-3-4-5-6-11-15-16-12(18-11)14-10(17)8-7-9(2)13;/h9H,3-8,13H2,1-2H3,(H,14,16,17);1H. The second-order valence-electron chi connectivity index (χ2n) is 4.52. The molecule has 1 unspecified atom stereocenters. The van der Waals surface area contributed by atoms with Gasteiger partial charge in [0.05, 0.1) is 0 Å². The van der Waals surface area contributed by atoms with Crippen molar-refractivity contribution in [1.82, 2.24) is 10.2 Å². The van der Waals surface area contributed by atoms with Crippen LogP contribution >= 0.6 is 23.7 Å². The zero-order chi connectivity index (χ0) is 13.4. The summed E-state index contributed by atoms with van der Waals surface area (Å²) in [6, 6.07) is 0.0507. The number of halogens is 1. The maximum atomic E-state index is 11.6. The highest BCUT2D eigenvalue weighted by Crippen LogP contribution is 2.17. The number of nitrogens with zero attached hydrogens (tertiary/aromatic N) is 2. The summed E-state index contributed by atoms with van der Waals surface area (Å²) in [5, 5.41) is 12.4. The van der Waals surface area contributed by atoms with Crippen LogP contribution in [0.1, 0.15) is 51.0 Å². The first kappa shape index (κ1) is 18.3. The number of carbonyl (C=O) groups is 1. The van der Waals surface area contributed by atoms with E-state index in [1.807, 2.05) is 6.92 Å². The summed E-state index contributed by atoms with van der Waals surface area (Å²) in [5.74, 6) is -0.0384. The van der Waals surface area contributed by atoms with Crippen molar-refractivity contribution < 1.29 is 4.79 Å². The van der Waals surface area contributed by atoms with E-state index >= 15 is 0 Å². The molecule has 0 aliphatic rings. The van der Waals surface area contributed by atoms with Crippen molar-refractivity contribution in [2.24, 2.45) is 5.73 Å². The Morgan fingerprint density at radius 3 is 2.79 bits per heavy atom. The maximum absolute atomic E-state index is 11.6. The molecule has 0 radical (unpaired) electrons. The Morgan fingerprint density at radius 2 is 2.16 bits per heavy atom. The molecule has 1 rings (SSSR count). The lowest BCUT2D eigenvalue weighted by Crippen LogP contribution is -2.19. The van der Waals surface area contributed by atoms with Crippen LogP contribution in [0.2, 0.25) is 0 Å². The molecule has 1 aromatic rings. The maximum Gasteiger partial charge on any atom is 0.226 e. The van der Waals surface area contributed by atoms with E-state index in [-0.39, 0.29) is 24.4 Å². The smallest absolute Gasteiger partial charge is 0.226 e. The molecule has 110 valence electrons. The highest BCUT2D eigenvalue weighted by atomic mass is 35.5. The van der Waals surface area contributed by atoms with Gasteiger partial charge >= 0.3 is 0 Å². The van der Waals surface area contributed by atoms with E-state index in [2.05, 4.69) is 22.4 Å². The van der Waals surface area contributed by atoms with Gasteiger partial charge in [0, 0.05) is 18.9 Å². The van der Waals surface area contributed by atoms with Crippen LogP contribution in [0.3, 0.4) is 0 Å². The molecular formula is C12H23ClN4OS. The minimum atomic E-state index is -0.0384. The zero-order valence-corrected chi connectivity index (χ0v) is 13.1. The van der Waals surface area contributed by atoms with Gasteiger partial charge in [0.1, 0.15) is 5.01 Å². The molecule has 0 saturated carbocycles. The molecule has 5 nitrogen and oxygen atoms in total. The van der Waals surface area contributed by atoms with Crippen LogP contribution in [0.15, 0.2) is 0 Å². The summed E-state index contributed by atoms with van der Waals surface area (Å²) >= 11 is 1.46. The van der Waals surface area contributed by atoms with Crippen LogP contribution in [0.4, 0.5) is 5.13 Å². The number of nitrogens with two attached hydrogens (primary N) is 1. The average molecular weight is 307 g/mol. The number of anilines is 1. The SMILES string of the molecule is CCCCCc1nnc(NC(=O)CCC(C)N)s1.Cl. The van der Waals surface area contributed by atoms with Gasteiger partial charge in [-0.3, -0.25) is 4.79 Å². The first-order valence-electron chi connectivity index (χ1n) is 6.49. The van der Waals surface area contributed by atoms with E-state index in [0.29, 0.717) is 18.0 Å². The van der Waals surface area contributed by atoms with Gasteiger partial charge in [0.2, 0.25) is 11.0 Å². The van der Waals surface area contributed by atoms with E-state index in [9.17, 15) is 4.79 Å². The summed E-state index contributed by atoms with van der Waals surface area (Å²) in [7, 11) is 0. The summed E-state index contributed by atoms with van der Waals surface area (Å²) in [5.41, 5.74) is 5.60. The molecule has 1 amide bonds. The number of aromatic nitrogens is 2. The highest BCUT2D eigenvalue weighted by Gasteiger charge is 2.08. The number of nitrogens with one attached hydrogen (secondary N) is 1. The number of hydrogen-bond donors (Lipinski definition) is 2. The van der Waals surface area contributed by atoms with Crippen molar-refractivity contribution in [3.63, 3.8) is 0 Å². The fraction of sp³-hybridized carbons (Fsp3) is 0.750. The molecule has 0 bridgehead atoms. The lowest BCUT2D eigenvalue weighted by molar-refractivity contribution is -0.116. The van der Waals surface area contributed by atoms with Gasteiger partial charge in [0.25, 0.3) is 0 Å². The molecule has 19 heavy (non-hydrogen) atoms. The van der Waals surface area contributed by atoms with E-state index in [1.165, 1.54) is 24.2 Å². The molecule has 1 heterocycles. The Balaban J connectivity index is 0.00000324.